The van der Waals surface area contributed by atoms with Crippen molar-refractivity contribution in [1.82, 2.24) is 20.1 Å². The van der Waals surface area contributed by atoms with Crippen LogP contribution in [0.3, 0.4) is 0 Å². The van der Waals surface area contributed by atoms with E-state index in [0.717, 1.165) is 18.4 Å². The van der Waals surface area contributed by atoms with Crippen LogP contribution < -0.4 is 5.32 Å². The molecule has 0 spiro atoms. The summed E-state index contributed by atoms with van der Waals surface area (Å²) in [4.78, 5) is 22.5. The average molecular weight is 444 g/mol. The molecule has 0 aliphatic carbocycles. The van der Waals surface area contributed by atoms with Crippen LogP contribution in [0.15, 0.2) is 53.7 Å². The lowest BCUT2D eigenvalue weighted by atomic mass is 10.2. The van der Waals surface area contributed by atoms with E-state index < -0.39 is 4.92 Å². The first kappa shape index (κ1) is 22.4. The van der Waals surface area contributed by atoms with Gasteiger partial charge in [-0.2, -0.15) is 0 Å². The topological polar surface area (TPSA) is 103 Å². The molecule has 0 bridgehead atoms. The zero-order valence-corrected chi connectivity index (χ0v) is 17.8. The molecule has 0 unspecified atom stereocenters. The molecule has 162 valence electrons. The molecule has 31 heavy (non-hydrogen) atoms. The molecule has 0 saturated heterocycles. The van der Waals surface area contributed by atoms with Gasteiger partial charge in [0, 0.05) is 30.0 Å². The van der Waals surface area contributed by atoms with E-state index in [1.165, 1.54) is 36.0 Å². The molecule has 0 aliphatic heterocycles. The van der Waals surface area contributed by atoms with Crippen LogP contribution in [0.1, 0.15) is 37.6 Å². The second-order valence-electron chi connectivity index (χ2n) is 6.80. The number of non-ortho nitro benzene ring substituents is 1. The third-order valence-electron chi connectivity index (χ3n) is 4.50. The van der Waals surface area contributed by atoms with Gasteiger partial charge in [-0.1, -0.05) is 37.2 Å². The minimum absolute atomic E-state index is 0.0215. The molecule has 0 fully saturated rings. The molecule has 0 radical (unpaired) electrons. The molecule has 0 saturated carbocycles. The zero-order chi connectivity index (χ0) is 22.2. The van der Waals surface area contributed by atoms with E-state index in [9.17, 15) is 19.3 Å². The first-order valence-electron chi connectivity index (χ1n) is 9.81. The molecule has 1 N–H and O–H groups in total. The minimum atomic E-state index is -0.463. The van der Waals surface area contributed by atoms with Gasteiger partial charge in [0.2, 0.25) is 5.91 Å². The predicted molar refractivity (Wildman–Crippen MR) is 115 cm³/mol. The Hall–Kier alpha value is -3.27. The van der Waals surface area contributed by atoms with E-state index >= 15 is 0 Å². The Kier molecular flexibility index (Phi) is 7.71. The number of benzene rings is 2. The third kappa shape index (κ3) is 6.11. The number of unbranched alkanes of at least 4 members (excludes halogenated alkanes) is 1. The number of hydrogen-bond donors (Lipinski definition) is 1. The highest BCUT2D eigenvalue weighted by molar-refractivity contribution is 7.98. The Morgan fingerprint density at radius 1 is 1.16 bits per heavy atom. The molecule has 3 rings (SSSR count). The number of aromatic nitrogens is 3. The summed E-state index contributed by atoms with van der Waals surface area (Å²) in [6, 6.07) is 12.2. The molecule has 0 aliphatic rings. The first-order chi connectivity index (χ1) is 15.0. The van der Waals surface area contributed by atoms with Crippen LogP contribution in [0, 0.1) is 15.9 Å². The van der Waals surface area contributed by atoms with Gasteiger partial charge in [0.1, 0.15) is 5.82 Å². The first-order valence-corrected chi connectivity index (χ1v) is 10.8. The van der Waals surface area contributed by atoms with Crippen LogP contribution in [0.5, 0.6) is 0 Å². The molecule has 3 aromatic rings. The Morgan fingerprint density at radius 2 is 1.87 bits per heavy atom. The largest absolute Gasteiger partial charge is 0.349 e. The summed E-state index contributed by atoms with van der Waals surface area (Å²) in [7, 11) is 0. The van der Waals surface area contributed by atoms with Gasteiger partial charge in [-0.05, 0) is 36.2 Å². The van der Waals surface area contributed by atoms with E-state index in [-0.39, 0.29) is 24.0 Å². The van der Waals surface area contributed by atoms with Crippen molar-refractivity contribution in [3.05, 3.63) is 75.9 Å². The molecule has 1 heterocycles. The number of halogens is 1. The van der Waals surface area contributed by atoms with Crippen LogP contribution in [0.2, 0.25) is 0 Å². The molecule has 2 aromatic carbocycles. The minimum Gasteiger partial charge on any atom is -0.349 e. The maximum atomic E-state index is 13.1. The van der Waals surface area contributed by atoms with Gasteiger partial charge in [0.05, 0.1) is 11.5 Å². The summed E-state index contributed by atoms with van der Waals surface area (Å²) < 4.78 is 14.9. The molecule has 1 amide bonds. The number of nitro groups is 1. The van der Waals surface area contributed by atoms with Crippen LogP contribution in [-0.4, -0.2) is 25.6 Å². The molecule has 10 heteroatoms. The van der Waals surface area contributed by atoms with Gasteiger partial charge < -0.3 is 5.32 Å². The predicted octanol–water partition coefficient (Wildman–Crippen LogP) is 4.41. The number of nitrogens with zero attached hydrogens (tertiary/aromatic N) is 4. The molecular weight excluding hydrogens is 421 g/mol. The summed E-state index contributed by atoms with van der Waals surface area (Å²) in [5.74, 6) is 0.679. The van der Waals surface area contributed by atoms with Crippen LogP contribution >= 0.6 is 11.8 Å². The van der Waals surface area contributed by atoms with Crippen molar-refractivity contribution in [2.45, 2.75) is 43.6 Å². The summed E-state index contributed by atoms with van der Waals surface area (Å²) in [5.41, 5.74) is 1.54. The molecule has 1 aromatic heterocycles. The summed E-state index contributed by atoms with van der Waals surface area (Å²) in [5, 5.41) is 22.8. The van der Waals surface area contributed by atoms with Gasteiger partial charge in [-0.25, -0.2) is 4.39 Å². The number of carbonyl (C=O) groups is 1. The van der Waals surface area contributed by atoms with Gasteiger partial charge in [0.25, 0.3) is 5.69 Å². The Labute approximate surface area is 183 Å². The van der Waals surface area contributed by atoms with Crippen molar-refractivity contribution in [1.29, 1.82) is 0 Å². The van der Waals surface area contributed by atoms with E-state index in [0.29, 0.717) is 28.8 Å². The molecule has 0 atom stereocenters. The Morgan fingerprint density at radius 3 is 2.52 bits per heavy atom. The summed E-state index contributed by atoms with van der Waals surface area (Å²) >= 11 is 1.40. The van der Waals surface area contributed by atoms with E-state index in [1.54, 1.807) is 28.8 Å². The maximum absolute atomic E-state index is 13.1. The molecular formula is C21H22FN5O3S. The SMILES string of the molecule is CCCCC(=O)NCc1nnc(SCc2ccc(F)cc2)n1-c1ccc([N+](=O)[O-])cc1. The lowest BCUT2D eigenvalue weighted by Crippen LogP contribution is -2.24. The lowest BCUT2D eigenvalue weighted by Gasteiger charge is -2.11. The quantitative estimate of drug-likeness (QED) is 0.283. The fourth-order valence-electron chi connectivity index (χ4n) is 2.82. The second-order valence-corrected chi connectivity index (χ2v) is 7.75. The number of rotatable bonds is 10. The number of hydrogen-bond acceptors (Lipinski definition) is 6. The van der Waals surface area contributed by atoms with Crippen LogP contribution in [0.25, 0.3) is 5.69 Å². The van der Waals surface area contributed by atoms with Crippen molar-refractivity contribution in [3.63, 3.8) is 0 Å². The Balaban J connectivity index is 1.83. The van der Waals surface area contributed by atoms with Gasteiger partial charge in [-0.3, -0.25) is 19.5 Å². The third-order valence-corrected chi connectivity index (χ3v) is 5.50. The average Bonchev–Trinajstić information content (AvgIpc) is 3.18. The Bertz CT molecular complexity index is 1040. The number of carbonyl (C=O) groups excluding carboxylic acids is 1. The van der Waals surface area contributed by atoms with E-state index in [4.69, 9.17) is 0 Å². The number of nitro benzene ring substituents is 1. The van der Waals surface area contributed by atoms with Gasteiger partial charge in [-0.15, -0.1) is 10.2 Å². The van der Waals surface area contributed by atoms with Crippen LogP contribution in [0.4, 0.5) is 10.1 Å². The fourth-order valence-corrected chi connectivity index (χ4v) is 3.75. The monoisotopic (exact) mass is 443 g/mol. The normalized spacial score (nSPS) is 10.8. The highest BCUT2D eigenvalue weighted by Gasteiger charge is 2.16. The number of amides is 1. The van der Waals surface area contributed by atoms with Crippen molar-refractivity contribution < 1.29 is 14.1 Å². The summed E-state index contributed by atoms with van der Waals surface area (Å²) in [6.07, 6.45) is 2.17. The standard InChI is InChI=1S/C21H22FN5O3S/c1-2-3-4-20(28)23-13-19-24-25-21(31-14-15-5-7-16(22)8-6-15)26(19)17-9-11-18(12-10-17)27(29)30/h5-12H,2-4,13-14H2,1H3,(H,23,28). The zero-order valence-electron chi connectivity index (χ0n) is 17.0. The van der Waals surface area contributed by atoms with Crippen molar-refractivity contribution in [3.8, 4) is 5.69 Å². The van der Waals surface area contributed by atoms with Crippen molar-refractivity contribution in [2.75, 3.05) is 0 Å². The van der Waals surface area contributed by atoms with Crippen molar-refractivity contribution in [2.24, 2.45) is 0 Å². The van der Waals surface area contributed by atoms with Gasteiger partial charge in [0.15, 0.2) is 11.0 Å². The highest BCUT2D eigenvalue weighted by atomic mass is 32.2. The van der Waals surface area contributed by atoms with Crippen LogP contribution in [-0.2, 0) is 17.1 Å². The lowest BCUT2D eigenvalue weighted by molar-refractivity contribution is -0.384. The second kappa shape index (κ2) is 10.7. The number of thioether (sulfide) groups is 1. The smallest absolute Gasteiger partial charge is 0.269 e. The fraction of sp³-hybridized carbons (Fsp3) is 0.286. The van der Waals surface area contributed by atoms with Gasteiger partial charge >= 0.3 is 0 Å². The molecule has 8 nitrogen and oxygen atoms in total. The van der Waals surface area contributed by atoms with E-state index in [2.05, 4.69) is 15.5 Å². The summed E-state index contributed by atoms with van der Waals surface area (Å²) in [6.45, 7) is 2.20. The van der Waals surface area contributed by atoms with E-state index in [1.807, 2.05) is 6.92 Å². The van der Waals surface area contributed by atoms with Crippen molar-refractivity contribution >= 4 is 23.4 Å². The highest BCUT2D eigenvalue weighted by Crippen LogP contribution is 2.26. The maximum Gasteiger partial charge on any atom is 0.269 e. The number of nitrogens with one attached hydrogen (secondary N) is 1.